The number of hydrogen-bond acceptors (Lipinski definition) is 3. The van der Waals surface area contributed by atoms with Crippen LogP contribution < -0.4 is 15.1 Å². The van der Waals surface area contributed by atoms with Crippen molar-refractivity contribution in [1.29, 1.82) is 0 Å². The summed E-state index contributed by atoms with van der Waals surface area (Å²) in [4.78, 5) is 10.9. The molecule has 1 atom stereocenters. The van der Waals surface area contributed by atoms with Gasteiger partial charge in [-0.2, -0.15) is 0 Å². The molecule has 0 aliphatic heterocycles. The number of hydrogen-bond donors (Lipinski definition) is 3. The fourth-order valence-electron chi connectivity index (χ4n) is 1.10. The van der Waals surface area contributed by atoms with Gasteiger partial charge in [-0.15, -0.1) is 0 Å². The van der Waals surface area contributed by atoms with E-state index in [0.717, 1.165) is 0 Å². The first-order chi connectivity index (χ1) is 7.73. The van der Waals surface area contributed by atoms with Gasteiger partial charge in [0.2, 0.25) is 0 Å². The molecule has 0 fully saturated rings. The zero-order chi connectivity index (χ0) is 13.1. The average molecular weight is 525 g/mol. The van der Waals surface area contributed by atoms with Crippen LogP contribution in [0.3, 0.4) is 0 Å². The molecule has 0 bridgehead atoms. The molecule has 0 aromatic heterocycles. The van der Waals surface area contributed by atoms with Gasteiger partial charge in [0.15, 0.2) is 0 Å². The summed E-state index contributed by atoms with van der Waals surface area (Å²) in [5.74, 6) is -0.855. The number of aliphatic carboxylic acids is 1. The number of benzene rings is 1. The van der Waals surface area contributed by atoms with Gasteiger partial charge in [-0.3, -0.25) is 4.79 Å². The summed E-state index contributed by atoms with van der Waals surface area (Å²) in [6.45, 7) is 2.70. The van der Waals surface area contributed by atoms with Crippen molar-refractivity contribution in [2.24, 2.45) is 5.50 Å². The fraction of sp³-hybridized carbons (Fsp3) is 0.300. The molecule has 0 radical (unpaired) electrons. The number of para-hydroxylation sites is 1. The van der Waals surface area contributed by atoms with E-state index in [9.17, 15) is 9.36 Å². The first-order valence-electron chi connectivity index (χ1n) is 4.89. The Labute approximate surface area is 99.3 Å². The molecule has 0 heterocycles. The summed E-state index contributed by atoms with van der Waals surface area (Å²) >= 11 is 0. The standard InChI is InChI=1S/C10H15N2O4P.Rf/c1-10(2,9(13)14)12-17(11,15)16-8-6-4-3-5-7-8;/h3-7H,1-2H3,(H,13,14)(H3,11,12,15);. The molecule has 0 saturated carbocycles. The van der Waals surface area contributed by atoms with Gasteiger partial charge < -0.3 is 9.63 Å². The largest absolute Gasteiger partial charge is 0.480 e. The number of carboxylic acid groups (broad SMARTS) is 1. The molecule has 0 amide bonds. The van der Waals surface area contributed by atoms with Crippen LogP contribution in [0.1, 0.15) is 13.8 Å². The predicted octanol–water partition coefficient (Wildman–Crippen LogP) is 1.58. The Balaban J connectivity index is 0.00000289. The van der Waals surface area contributed by atoms with Crippen LogP contribution in [-0.2, 0) is 9.36 Å². The van der Waals surface area contributed by atoms with Gasteiger partial charge in [0.25, 0.3) is 0 Å². The average Bonchev–Trinajstić information content (AvgIpc) is 2.16. The minimum absolute atomic E-state index is 0. The van der Waals surface area contributed by atoms with Crippen molar-refractivity contribution in [2.75, 3.05) is 0 Å². The monoisotopic (exact) mass is 525 g/mol. The van der Waals surface area contributed by atoms with Crippen LogP contribution in [0.2, 0.25) is 0 Å². The minimum atomic E-state index is -3.72. The molecule has 1 unspecified atom stereocenters. The van der Waals surface area contributed by atoms with Crippen molar-refractivity contribution in [1.82, 2.24) is 5.09 Å². The van der Waals surface area contributed by atoms with Gasteiger partial charge in [-0.1, -0.05) is 18.2 Å². The molecule has 6 nitrogen and oxygen atoms in total. The van der Waals surface area contributed by atoms with Crippen LogP contribution in [-0.4, -0.2) is 16.6 Å². The maximum absolute atomic E-state index is 11.9. The van der Waals surface area contributed by atoms with Gasteiger partial charge >= 0.3 is 13.6 Å². The van der Waals surface area contributed by atoms with Crippen LogP contribution in [0.15, 0.2) is 30.3 Å². The molecular weight excluding hydrogens is 510 g/mol. The minimum Gasteiger partial charge on any atom is -0.480 e. The van der Waals surface area contributed by atoms with Gasteiger partial charge in [0.05, 0.1) is 0 Å². The van der Waals surface area contributed by atoms with Gasteiger partial charge in [0, 0.05) is 0 Å². The number of rotatable bonds is 5. The molecule has 0 aliphatic carbocycles. The Morgan fingerprint density at radius 3 is 2.33 bits per heavy atom. The molecule has 0 saturated heterocycles. The Morgan fingerprint density at radius 2 is 1.89 bits per heavy atom. The third kappa shape index (κ3) is 4.25. The van der Waals surface area contributed by atoms with Crippen LogP contribution >= 0.6 is 7.67 Å². The van der Waals surface area contributed by atoms with E-state index in [0.29, 0.717) is 5.75 Å². The van der Waals surface area contributed by atoms with Crippen molar-refractivity contribution in [3.63, 3.8) is 0 Å². The molecule has 1 rings (SSSR count). The first kappa shape index (κ1) is 15.6. The number of nitrogens with one attached hydrogen (secondary N) is 1. The topological polar surface area (TPSA) is 102 Å². The molecule has 0 aliphatic rings. The maximum atomic E-state index is 11.9. The van der Waals surface area contributed by atoms with Crippen molar-refractivity contribution < 1.29 is 19.0 Å². The Hall–Kier alpha value is -2.36. The summed E-state index contributed by atoms with van der Waals surface area (Å²) in [6.07, 6.45) is 0. The van der Waals surface area contributed by atoms with Crippen molar-refractivity contribution >= 4 is 13.6 Å². The molecule has 1 aromatic carbocycles. The summed E-state index contributed by atoms with van der Waals surface area (Å²) < 4.78 is 16.9. The molecule has 8 heteroatoms. The Morgan fingerprint density at radius 1 is 1.39 bits per heavy atom. The predicted molar refractivity (Wildman–Crippen MR) is 63.7 cm³/mol. The number of nitrogens with two attached hydrogens (primary N) is 1. The van der Waals surface area contributed by atoms with E-state index in [4.69, 9.17) is 15.1 Å². The Kier molecular flexibility index (Phi) is 4.62. The third-order valence-electron chi connectivity index (χ3n) is 1.95. The normalized spacial score (nSPS) is 14.2. The zero-order valence-electron chi connectivity index (χ0n) is 10.3. The van der Waals surface area contributed by atoms with Crippen molar-refractivity contribution in [3.8, 4) is 5.75 Å². The molecule has 1 aromatic rings. The fourth-order valence-corrected chi connectivity index (χ4v) is 2.45. The van der Waals surface area contributed by atoms with E-state index in [1.165, 1.54) is 13.8 Å². The Bertz CT molecular complexity index is 452. The molecule has 18 heavy (non-hydrogen) atoms. The van der Waals surface area contributed by atoms with E-state index in [2.05, 4.69) is 5.09 Å². The summed E-state index contributed by atoms with van der Waals surface area (Å²) in [5.41, 5.74) is 4.00. The maximum Gasteiger partial charge on any atom is 0.388 e. The van der Waals surface area contributed by atoms with Crippen LogP contribution in [0, 0.1) is 0 Å². The van der Waals surface area contributed by atoms with Crippen LogP contribution in [0.5, 0.6) is 5.75 Å². The molecule has 96 valence electrons. The second-order valence-electron chi connectivity index (χ2n) is 4.04. The van der Waals surface area contributed by atoms with Gasteiger partial charge in [-0.05, 0) is 26.0 Å². The molecule has 4 N–H and O–H groups in total. The van der Waals surface area contributed by atoms with Crippen molar-refractivity contribution in [2.45, 2.75) is 19.4 Å². The van der Waals surface area contributed by atoms with Gasteiger partial charge in [-0.25, -0.2) is 15.2 Å². The van der Waals surface area contributed by atoms with Gasteiger partial charge in [0.1, 0.15) is 11.3 Å². The van der Waals surface area contributed by atoms with E-state index >= 15 is 0 Å². The molecular formula is C10H15N2O4PRf. The number of carbonyl (C=O) groups is 1. The quantitative estimate of drug-likeness (QED) is 0.505. The second-order valence-corrected chi connectivity index (χ2v) is 5.64. The van der Waals surface area contributed by atoms with Crippen LogP contribution in [0.4, 0.5) is 0 Å². The zero-order valence-corrected chi connectivity index (χ0v) is 17.6. The SMILES string of the molecule is CC(C)(NP(N)(=O)Oc1ccccc1)C(=O)O.[Rf]. The van der Waals surface area contributed by atoms with E-state index in [-0.39, 0.29) is 0 Å². The van der Waals surface area contributed by atoms with Crippen LogP contribution in [0.25, 0.3) is 0 Å². The summed E-state index contributed by atoms with van der Waals surface area (Å²) in [7, 11) is -3.72. The van der Waals surface area contributed by atoms with Crippen molar-refractivity contribution in [3.05, 3.63) is 30.3 Å². The first-order valence-corrected chi connectivity index (χ1v) is 6.58. The van der Waals surface area contributed by atoms with E-state index in [1.807, 2.05) is 0 Å². The van der Waals surface area contributed by atoms with E-state index in [1.54, 1.807) is 30.3 Å². The smallest absolute Gasteiger partial charge is 0.388 e. The molecule has 0 spiro atoms. The second kappa shape index (κ2) is 5.31. The van der Waals surface area contributed by atoms with E-state index < -0.39 is 19.2 Å². The number of carboxylic acids is 1. The summed E-state index contributed by atoms with van der Waals surface area (Å²) in [5, 5.41) is 11.2. The summed E-state index contributed by atoms with van der Waals surface area (Å²) in [6, 6.07) is 8.31. The third-order valence-corrected chi connectivity index (χ3v) is 3.31.